The first kappa shape index (κ1) is 14.9. The Morgan fingerprint density at radius 2 is 1.65 bits per heavy atom. The molecule has 0 bridgehead atoms. The van der Waals surface area contributed by atoms with Crippen molar-refractivity contribution in [2.45, 2.75) is 20.4 Å². The topological polar surface area (TPSA) is 21.3 Å². The molecule has 0 saturated heterocycles. The molecule has 2 aromatic rings. The Morgan fingerprint density at radius 1 is 1.00 bits per heavy atom. The molecule has 0 aromatic heterocycles. The molecule has 1 N–H and O–H groups in total. The van der Waals surface area contributed by atoms with Crippen molar-refractivity contribution in [1.82, 2.24) is 5.32 Å². The van der Waals surface area contributed by atoms with E-state index in [1.165, 1.54) is 0 Å². The lowest BCUT2D eigenvalue weighted by molar-refractivity contribution is 0.469. The lowest BCUT2D eigenvalue weighted by Gasteiger charge is -2.13. The van der Waals surface area contributed by atoms with Gasteiger partial charge in [-0.15, -0.1) is 0 Å². The van der Waals surface area contributed by atoms with Gasteiger partial charge in [-0.05, 0) is 30.7 Å². The summed E-state index contributed by atoms with van der Waals surface area (Å²) in [6, 6.07) is 15.5. The molecular formula is C17H20ClNO. The summed E-state index contributed by atoms with van der Waals surface area (Å²) in [6.07, 6.45) is 0. The highest BCUT2D eigenvalue weighted by Gasteiger charge is 2.06. The molecule has 0 radical (unpaired) electrons. The summed E-state index contributed by atoms with van der Waals surface area (Å²) in [5, 5.41) is 4.05. The molecule has 2 rings (SSSR count). The molecule has 0 unspecified atom stereocenters. The Morgan fingerprint density at radius 3 is 2.35 bits per heavy atom. The highest BCUT2D eigenvalue weighted by Crippen LogP contribution is 2.30. The summed E-state index contributed by atoms with van der Waals surface area (Å²) < 4.78 is 5.93. The van der Waals surface area contributed by atoms with Gasteiger partial charge in [0.25, 0.3) is 0 Å². The van der Waals surface area contributed by atoms with Crippen LogP contribution in [-0.4, -0.2) is 6.54 Å². The van der Waals surface area contributed by atoms with E-state index < -0.39 is 0 Å². The summed E-state index contributed by atoms with van der Waals surface area (Å²) in [6.45, 7) is 6.16. The monoisotopic (exact) mass is 289 g/mol. The van der Waals surface area contributed by atoms with Crippen LogP contribution >= 0.6 is 11.6 Å². The van der Waals surface area contributed by atoms with Crippen LogP contribution in [0.2, 0.25) is 5.02 Å². The summed E-state index contributed by atoms with van der Waals surface area (Å²) in [4.78, 5) is 0. The number of halogens is 1. The first-order valence-corrected chi connectivity index (χ1v) is 7.25. The second-order valence-electron chi connectivity index (χ2n) is 5.16. The van der Waals surface area contributed by atoms with E-state index >= 15 is 0 Å². The van der Waals surface area contributed by atoms with Crippen LogP contribution < -0.4 is 10.1 Å². The number of hydrogen-bond acceptors (Lipinski definition) is 2. The predicted octanol–water partition coefficient (Wildman–Crippen LogP) is 4.88. The van der Waals surface area contributed by atoms with Gasteiger partial charge < -0.3 is 10.1 Å². The van der Waals surface area contributed by atoms with Crippen LogP contribution in [-0.2, 0) is 6.54 Å². The zero-order valence-corrected chi connectivity index (χ0v) is 12.7. The second kappa shape index (κ2) is 7.32. The third-order valence-corrected chi connectivity index (χ3v) is 3.21. The summed E-state index contributed by atoms with van der Waals surface area (Å²) in [5.41, 5.74) is 1.13. The van der Waals surface area contributed by atoms with Crippen molar-refractivity contribution in [3.63, 3.8) is 0 Å². The normalized spacial score (nSPS) is 10.8. The van der Waals surface area contributed by atoms with E-state index in [0.29, 0.717) is 16.7 Å². The third kappa shape index (κ3) is 4.26. The highest BCUT2D eigenvalue weighted by molar-refractivity contribution is 6.32. The predicted molar refractivity (Wildman–Crippen MR) is 84.5 cm³/mol. The fourth-order valence-corrected chi connectivity index (χ4v) is 2.07. The first-order valence-electron chi connectivity index (χ1n) is 6.88. The molecule has 2 nitrogen and oxygen atoms in total. The Hall–Kier alpha value is -1.51. The maximum absolute atomic E-state index is 6.13. The molecule has 0 saturated carbocycles. The number of rotatable bonds is 6. The van der Waals surface area contributed by atoms with E-state index in [-0.39, 0.29) is 0 Å². The van der Waals surface area contributed by atoms with Gasteiger partial charge in [0.15, 0.2) is 0 Å². The van der Waals surface area contributed by atoms with Crippen molar-refractivity contribution >= 4 is 11.6 Å². The van der Waals surface area contributed by atoms with Gasteiger partial charge >= 0.3 is 0 Å². The van der Waals surface area contributed by atoms with Gasteiger partial charge in [0.1, 0.15) is 11.5 Å². The fourth-order valence-electron chi connectivity index (χ4n) is 1.89. The van der Waals surface area contributed by atoms with E-state index in [1.807, 2.05) is 42.5 Å². The van der Waals surface area contributed by atoms with Gasteiger partial charge in [-0.2, -0.15) is 0 Å². The standard InChI is InChI=1S/C17H20ClNO/c1-13(2)11-19-12-14-7-3-5-9-16(14)20-17-10-6-4-8-15(17)18/h3-10,13,19H,11-12H2,1-2H3. The number of hydrogen-bond donors (Lipinski definition) is 1. The third-order valence-electron chi connectivity index (χ3n) is 2.90. The summed E-state index contributed by atoms with van der Waals surface area (Å²) in [7, 11) is 0. The van der Waals surface area contributed by atoms with Crippen molar-refractivity contribution in [2.24, 2.45) is 5.92 Å². The van der Waals surface area contributed by atoms with Gasteiger partial charge in [0, 0.05) is 12.1 Å². The van der Waals surface area contributed by atoms with Gasteiger partial charge in [-0.3, -0.25) is 0 Å². The van der Waals surface area contributed by atoms with Crippen LogP contribution in [0.3, 0.4) is 0 Å². The van der Waals surface area contributed by atoms with E-state index in [4.69, 9.17) is 16.3 Å². The zero-order chi connectivity index (χ0) is 14.4. The van der Waals surface area contributed by atoms with Gasteiger partial charge in [0.05, 0.1) is 5.02 Å². The molecule has 0 amide bonds. The smallest absolute Gasteiger partial charge is 0.146 e. The van der Waals surface area contributed by atoms with E-state index in [0.717, 1.165) is 24.4 Å². The van der Waals surface area contributed by atoms with Crippen molar-refractivity contribution in [3.8, 4) is 11.5 Å². The van der Waals surface area contributed by atoms with Crippen molar-refractivity contribution in [2.75, 3.05) is 6.54 Å². The number of nitrogens with one attached hydrogen (secondary N) is 1. The van der Waals surface area contributed by atoms with Crippen LogP contribution in [0.4, 0.5) is 0 Å². The fraction of sp³-hybridized carbons (Fsp3) is 0.294. The van der Waals surface area contributed by atoms with E-state index in [9.17, 15) is 0 Å². The maximum Gasteiger partial charge on any atom is 0.146 e. The molecule has 3 heteroatoms. The molecule has 0 aliphatic heterocycles. The number of para-hydroxylation sites is 2. The summed E-state index contributed by atoms with van der Waals surface area (Å²) in [5.74, 6) is 2.16. The quantitative estimate of drug-likeness (QED) is 0.818. The maximum atomic E-state index is 6.13. The second-order valence-corrected chi connectivity index (χ2v) is 5.57. The van der Waals surface area contributed by atoms with E-state index in [2.05, 4.69) is 25.2 Å². The number of benzene rings is 2. The van der Waals surface area contributed by atoms with Crippen LogP contribution in [0.1, 0.15) is 19.4 Å². The molecule has 0 spiro atoms. The molecule has 2 aromatic carbocycles. The Balaban J connectivity index is 2.10. The van der Waals surface area contributed by atoms with Gasteiger partial charge in [0.2, 0.25) is 0 Å². The van der Waals surface area contributed by atoms with Crippen LogP contribution in [0.15, 0.2) is 48.5 Å². The average molecular weight is 290 g/mol. The SMILES string of the molecule is CC(C)CNCc1ccccc1Oc1ccccc1Cl. The molecular weight excluding hydrogens is 270 g/mol. The minimum Gasteiger partial charge on any atom is -0.455 e. The first-order chi connectivity index (χ1) is 9.66. The molecule has 0 aliphatic rings. The minimum atomic E-state index is 0.623. The van der Waals surface area contributed by atoms with Crippen LogP contribution in [0.25, 0.3) is 0 Å². The van der Waals surface area contributed by atoms with Gasteiger partial charge in [-0.25, -0.2) is 0 Å². The van der Waals surface area contributed by atoms with Crippen LogP contribution in [0.5, 0.6) is 11.5 Å². The average Bonchev–Trinajstić information content (AvgIpc) is 2.43. The zero-order valence-electron chi connectivity index (χ0n) is 11.9. The molecule has 0 fully saturated rings. The minimum absolute atomic E-state index is 0.623. The van der Waals surface area contributed by atoms with Crippen LogP contribution in [0, 0.1) is 5.92 Å². The molecule has 106 valence electrons. The summed E-state index contributed by atoms with van der Waals surface area (Å²) >= 11 is 6.13. The molecule has 0 atom stereocenters. The van der Waals surface area contributed by atoms with Gasteiger partial charge in [-0.1, -0.05) is 55.8 Å². The highest BCUT2D eigenvalue weighted by atomic mass is 35.5. The lowest BCUT2D eigenvalue weighted by Crippen LogP contribution is -2.19. The molecule has 0 aliphatic carbocycles. The van der Waals surface area contributed by atoms with Crippen molar-refractivity contribution < 1.29 is 4.74 Å². The van der Waals surface area contributed by atoms with Crippen molar-refractivity contribution in [3.05, 3.63) is 59.1 Å². The molecule has 20 heavy (non-hydrogen) atoms. The largest absolute Gasteiger partial charge is 0.455 e. The van der Waals surface area contributed by atoms with E-state index in [1.54, 1.807) is 0 Å². The Labute approximate surface area is 125 Å². The van der Waals surface area contributed by atoms with Crippen molar-refractivity contribution in [1.29, 1.82) is 0 Å². The lowest BCUT2D eigenvalue weighted by atomic mass is 10.2. The number of ether oxygens (including phenoxy) is 1. The Bertz CT molecular complexity index is 554. The Kier molecular flexibility index (Phi) is 5.45. The molecule has 0 heterocycles.